The Bertz CT molecular complexity index is 629. The molecule has 0 heterocycles. The standard InChI is InChI=1S/C15H14F2N2O/c1-10-3-2-4-11(7-10)9-18-15(20)19-14-8-12(16)5-6-13(14)17/h2-8H,9H2,1H3,(H2,18,19,20). The number of hydrogen-bond donors (Lipinski definition) is 2. The molecule has 2 rings (SSSR count). The highest BCUT2D eigenvalue weighted by Gasteiger charge is 2.07. The van der Waals surface area contributed by atoms with Gasteiger partial charge in [0, 0.05) is 12.6 Å². The largest absolute Gasteiger partial charge is 0.334 e. The van der Waals surface area contributed by atoms with E-state index < -0.39 is 17.7 Å². The lowest BCUT2D eigenvalue weighted by molar-refractivity contribution is 0.251. The molecule has 104 valence electrons. The first-order valence-electron chi connectivity index (χ1n) is 6.10. The number of nitrogens with one attached hydrogen (secondary N) is 2. The van der Waals surface area contributed by atoms with Crippen molar-refractivity contribution in [3.63, 3.8) is 0 Å². The van der Waals surface area contributed by atoms with Crippen molar-refractivity contribution in [1.29, 1.82) is 0 Å². The number of aryl methyl sites for hydroxylation is 1. The van der Waals surface area contributed by atoms with E-state index in [9.17, 15) is 13.6 Å². The van der Waals surface area contributed by atoms with Crippen LogP contribution in [0.5, 0.6) is 0 Å². The highest BCUT2D eigenvalue weighted by atomic mass is 19.1. The number of hydrogen-bond acceptors (Lipinski definition) is 1. The second kappa shape index (κ2) is 6.14. The molecule has 0 fully saturated rings. The van der Waals surface area contributed by atoms with Gasteiger partial charge in [0.05, 0.1) is 5.69 Å². The van der Waals surface area contributed by atoms with Crippen LogP contribution < -0.4 is 10.6 Å². The maximum absolute atomic E-state index is 13.3. The van der Waals surface area contributed by atoms with Gasteiger partial charge in [-0.3, -0.25) is 0 Å². The number of benzene rings is 2. The van der Waals surface area contributed by atoms with Crippen LogP contribution in [0.4, 0.5) is 19.3 Å². The summed E-state index contributed by atoms with van der Waals surface area (Å²) in [4.78, 5) is 11.6. The monoisotopic (exact) mass is 276 g/mol. The van der Waals surface area contributed by atoms with Gasteiger partial charge in [0.1, 0.15) is 11.6 Å². The number of anilines is 1. The Labute approximate surface area is 115 Å². The van der Waals surface area contributed by atoms with E-state index in [2.05, 4.69) is 10.6 Å². The molecule has 2 aromatic carbocycles. The number of halogens is 2. The second-order valence-electron chi connectivity index (χ2n) is 4.42. The van der Waals surface area contributed by atoms with Gasteiger partial charge in [-0.25, -0.2) is 13.6 Å². The van der Waals surface area contributed by atoms with Crippen molar-refractivity contribution in [2.75, 3.05) is 5.32 Å². The van der Waals surface area contributed by atoms with Gasteiger partial charge in [-0.05, 0) is 24.6 Å². The summed E-state index contributed by atoms with van der Waals surface area (Å²) < 4.78 is 26.3. The lowest BCUT2D eigenvalue weighted by Gasteiger charge is -2.09. The Balaban J connectivity index is 1.94. The van der Waals surface area contributed by atoms with Crippen molar-refractivity contribution < 1.29 is 13.6 Å². The Kier molecular flexibility index (Phi) is 4.30. The molecule has 3 nitrogen and oxygen atoms in total. The summed E-state index contributed by atoms with van der Waals surface area (Å²) in [6, 6.07) is 9.94. The number of carbonyl (C=O) groups is 1. The molecule has 0 atom stereocenters. The van der Waals surface area contributed by atoms with Crippen LogP contribution >= 0.6 is 0 Å². The van der Waals surface area contributed by atoms with Crippen molar-refractivity contribution in [3.8, 4) is 0 Å². The van der Waals surface area contributed by atoms with Crippen molar-refractivity contribution in [1.82, 2.24) is 5.32 Å². The summed E-state index contributed by atoms with van der Waals surface area (Å²) >= 11 is 0. The lowest BCUT2D eigenvalue weighted by atomic mass is 10.1. The molecule has 0 saturated heterocycles. The molecule has 0 spiro atoms. The molecule has 0 aliphatic rings. The highest BCUT2D eigenvalue weighted by molar-refractivity contribution is 5.89. The molecular weight excluding hydrogens is 262 g/mol. The van der Waals surface area contributed by atoms with Crippen molar-refractivity contribution in [2.24, 2.45) is 0 Å². The Morgan fingerprint density at radius 1 is 1.15 bits per heavy atom. The SMILES string of the molecule is Cc1cccc(CNC(=O)Nc2cc(F)ccc2F)c1. The molecule has 2 aromatic rings. The van der Waals surface area contributed by atoms with Crippen LogP contribution in [0.1, 0.15) is 11.1 Å². The fraction of sp³-hybridized carbons (Fsp3) is 0.133. The number of carbonyl (C=O) groups excluding carboxylic acids is 1. The summed E-state index contributed by atoms with van der Waals surface area (Å²) in [5, 5.41) is 4.85. The molecule has 20 heavy (non-hydrogen) atoms. The molecule has 0 bridgehead atoms. The summed E-state index contributed by atoms with van der Waals surface area (Å²) in [5.41, 5.74) is 1.83. The third-order valence-electron chi connectivity index (χ3n) is 2.71. The van der Waals surface area contributed by atoms with Crippen LogP contribution in [0.25, 0.3) is 0 Å². The van der Waals surface area contributed by atoms with E-state index in [1.54, 1.807) is 0 Å². The molecule has 0 aromatic heterocycles. The van der Waals surface area contributed by atoms with Crippen LogP contribution in [-0.2, 0) is 6.54 Å². The first-order chi connectivity index (χ1) is 9.54. The predicted octanol–water partition coefficient (Wildman–Crippen LogP) is 3.59. The van der Waals surface area contributed by atoms with Gasteiger partial charge < -0.3 is 10.6 Å². The average molecular weight is 276 g/mol. The summed E-state index contributed by atoms with van der Waals surface area (Å²) in [5.74, 6) is -1.29. The van der Waals surface area contributed by atoms with Crippen molar-refractivity contribution in [3.05, 3.63) is 65.2 Å². The number of amides is 2. The van der Waals surface area contributed by atoms with Gasteiger partial charge in [0.15, 0.2) is 0 Å². The zero-order valence-corrected chi connectivity index (χ0v) is 10.9. The molecule has 0 unspecified atom stereocenters. The summed E-state index contributed by atoms with van der Waals surface area (Å²) in [6.45, 7) is 2.26. The first kappa shape index (κ1) is 14.0. The van der Waals surface area contributed by atoms with Gasteiger partial charge >= 0.3 is 6.03 Å². The van der Waals surface area contributed by atoms with E-state index in [1.165, 1.54) is 0 Å². The normalized spacial score (nSPS) is 10.2. The Morgan fingerprint density at radius 3 is 2.70 bits per heavy atom. The van der Waals surface area contributed by atoms with Gasteiger partial charge in [-0.2, -0.15) is 0 Å². The van der Waals surface area contributed by atoms with Gasteiger partial charge in [-0.1, -0.05) is 29.8 Å². The smallest absolute Gasteiger partial charge is 0.319 e. The Morgan fingerprint density at radius 2 is 1.95 bits per heavy atom. The van der Waals surface area contributed by atoms with Gasteiger partial charge in [-0.15, -0.1) is 0 Å². The third-order valence-corrected chi connectivity index (χ3v) is 2.71. The van der Waals surface area contributed by atoms with Crippen LogP contribution in [0.15, 0.2) is 42.5 Å². The van der Waals surface area contributed by atoms with E-state index in [-0.39, 0.29) is 5.69 Å². The zero-order chi connectivity index (χ0) is 14.5. The first-order valence-corrected chi connectivity index (χ1v) is 6.10. The van der Waals surface area contributed by atoms with E-state index in [0.717, 1.165) is 29.3 Å². The second-order valence-corrected chi connectivity index (χ2v) is 4.42. The minimum atomic E-state index is -0.683. The minimum absolute atomic E-state index is 0.188. The van der Waals surface area contributed by atoms with Crippen molar-refractivity contribution in [2.45, 2.75) is 13.5 Å². The topological polar surface area (TPSA) is 41.1 Å². The molecular formula is C15H14F2N2O. The number of urea groups is 1. The van der Waals surface area contributed by atoms with Crippen LogP contribution in [0, 0.1) is 18.6 Å². The molecule has 5 heteroatoms. The van der Waals surface area contributed by atoms with Crippen LogP contribution in [0.3, 0.4) is 0 Å². The molecule has 2 amide bonds. The molecule has 0 aliphatic carbocycles. The van der Waals surface area contributed by atoms with Crippen molar-refractivity contribution >= 4 is 11.7 Å². The lowest BCUT2D eigenvalue weighted by Crippen LogP contribution is -2.28. The summed E-state index contributed by atoms with van der Waals surface area (Å²) in [7, 11) is 0. The predicted molar refractivity (Wildman–Crippen MR) is 73.4 cm³/mol. The van der Waals surface area contributed by atoms with E-state index >= 15 is 0 Å². The highest BCUT2D eigenvalue weighted by Crippen LogP contribution is 2.15. The maximum atomic E-state index is 13.3. The molecule has 0 saturated carbocycles. The van der Waals surface area contributed by atoms with E-state index in [4.69, 9.17) is 0 Å². The molecule has 0 radical (unpaired) electrons. The quantitative estimate of drug-likeness (QED) is 0.883. The molecule has 2 N–H and O–H groups in total. The average Bonchev–Trinajstić information content (AvgIpc) is 2.41. The fourth-order valence-corrected chi connectivity index (χ4v) is 1.76. The fourth-order valence-electron chi connectivity index (χ4n) is 1.76. The Hall–Kier alpha value is -2.43. The van der Waals surface area contributed by atoms with E-state index in [1.807, 2.05) is 31.2 Å². The van der Waals surface area contributed by atoms with E-state index in [0.29, 0.717) is 6.54 Å². The van der Waals surface area contributed by atoms with Gasteiger partial charge in [0.2, 0.25) is 0 Å². The summed E-state index contributed by atoms with van der Waals surface area (Å²) in [6.07, 6.45) is 0. The maximum Gasteiger partial charge on any atom is 0.319 e. The van der Waals surface area contributed by atoms with Crippen LogP contribution in [0.2, 0.25) is 0 Å². The van der Waals surface area contributed by atoms with Crippen LogP contribution in [-0.4, -0.2) is 6.03 Å². The third kappa shape index (κ3) is 3.78. The molecule has 0 aliphatic heterocycles. The minimum Gasteiger partial charge on any atom is -0.334 e. The number of rotatable bonds is 3. The van der Waals surface area contributed by atoms with Gasteiger partial charge in [0.25, 0.3) is 0 Å². The zero-order valence-electron chi connectivity index (χ0n) is 10.9.